The molecule has 4 amide bonds. The summed E-state index contributed by atoms with van der Waals surface area (Å²) in [5, 5.41) is 2.27. The molecule has 0 unspecified atom stereocenters. The minimum atomic E-state index is -0.776. The maximum absolute atomic E-state index is 13.1. The topological polar surface area (TPSA) is 79.0 Å². The molecule has 1 N–H and O–H groups in total. The van der Waals surface area contributed by atoms with E-state index in [4.69, 9.17) is 4.74 Å². The van der Waals surface area contributed by atoms with Crippen LogP contribution in [0.5, 0.6) is 5.75 Å². The second kappa shape index (κ2) is 8.63. The minimum absolute atomic E-state index is 0.0848. The normalized spacial score (nSPS) is 18.0. The predicted molar refractivity (Wildman–Crippen MR) is 119 cm³/mol. The molecule has 160 valence electrons. The molecule has 2 aromatic carbocycles. The SMILES string of the molecule is CCOc1cccc(N2C(=O)NC(=O)/C(=C\c3ccc(N4CCCC4)cc3C)C2=O)c1. The van der Waals surface area contributed by atoms with E-state index in [9.17, 15) is 14.4 Å². The first-order valence-electron chi connectivity index (χ1n) is 10.5. The Morgan fingerprint density at radius 1 is 1.03 bits per heavy atom. The standard InChI is InChI=1S/C24H25N3O4/c1-3-31-20-8-6-7-19(15-20)27-23(29)21(22(28)25-24(27)30)14-17-9-10-18(13-16(17)2)26-11-4-5-12-26/h6-10,13-15H,3-5,11-12H2,1-2H3,(H,25,28,30)/b21-14+. The number of ether oxygens (including phenoxy) is 1. The summed E-state index contributed by atoms with van der Waals surface area (Å²) in [6.45, 7) is 6.34. The fraction of sp³-hybridized carbons (Fsp3) is 0.292. The number of anilines is 2. The molecule has 2 fully saturated rings. The maximum atomic E-state index is 13.1. The molecule has 7 nitrogen and oxygen atoms in total. The molecule has 0 aromatic heterocycles. The monoisotopic (exact) mass is 419 g/mol. The molecule has 0 saturated carbocycles. The molecule has 0 bridgehead atoms. The van der Waals surface area contributed by atoms with Gasteiger partial charge in [0.25, 0.3) is 11.8 Å². The molecule has 0 spiro atoms. The predicted octanol–water partition coefficient (Wildman–Crippen LogP) is 3.66. The Morgan fingerprint density at radius 3 is 2.52 bits per heavy atom. The molecule has 4 rings (SSSR count). The highest BCUT2D eigenvalue weighted by Crippen LogP contribution is 2.28. The number of nitrogens with zero attached hydrogens (tertiary/aromatic N) is 2. The van der Waals surface area contributed by atoms with E-state index >= 15 is 0 Å². The number of hydrogen-bond acceptors (Lipinski definition) is 5. The van der Waals surface area contributed by atoms with Gasteiger partial charge in [0, 0.05) is 24.8 Å². The highest BCUT2D eigenvalue weighted by atomic mass is 16.5. The summed E-state index contributed by atoms with van der Waals surface area (Å²) in [5.41, 5.74) is 3.12. The molecular weight excluding hydrogens is 394 g/mol. The fourth-order valence-electron chi connectivity index (χ4n) is 3.92. The lowest BCUT2D eigenvalue weighted by Crippen LogP contribution is -2.54. The van der Waals surface area contributed by atoms with Crippen LogP contribution in [0.1, 0.15) is 30.9 Å². The molecule has 2 heterocycles. The lowest BCUT2D eigenvalue weighted by Gasteiger charge is -2.26. The van der Waals surface area contributed by atoms with Gasteiger partial charge in [-0.2, -0.15) is 0 Å². The Labute approximate surface area is 181 Å². The van der Waals surface area contributed by atoms with E-state index in [0.717, 1.165) is 34.8 Å². The van der Waals surface area contributed by atoms with Crippen molar-refractivity contribution in [1.82, 2.24) is 5.32 Å². The summed E-state index contributed by atoms with van der Waals surface area (Å²) in [5.74, 6) is -0.822. The number of aryl methyl sites for hydroxylation is 1. The Bertz CT molecular complexity index is 1070. The van der Waals surface area contributed by atoms with Gasteiger partial charge >= 0.3 is 6.03 Å². The second-order valence-corrected chi connectivity index (χ2v) is 7.62. The number of rotatable bonds is 5. The smallest absolute Gasteiger partial charge is 0.335 e. The largest absolute Gasteiger partial charge is 0.494 e. The van der Waals surface area contributed by atoms with Crippen LogP contribution in [0.3, 0.4) is 0 Å². The quantitative estimate of drug-likeness (QED) is 0.591. The van der Waals surface area contributed by atoms with Crippen LogP contribution in [-0.2, 0) is 9.59 Å². The van der Waals surface area contributed by atoms with Crippen LogP contribution in [-0.4, -0.2) is 37.5 Å². The number of amides is 4. The molecule has 2 aliphatic rings. The zero-order valence-corrected chi connectivity index (χ0v) is 17.7. The Kier molecular flexibility index (Phi) is 5.75. The van der Waals surface area contributed by atoms with E-state index in [0.29, 0.717) is 18.0 Å². The van der Waals surface area contributed by atoms with Crippen LogP contribution < -0.4 is 19.9 Å². The van der Waals surface area contributed by atoms with Gasteiger partial charge in [0.15, 0.2) is 0 Å². The van der Waals surface area contributed by atoms with Crippen LogP contribution in [0.25, 0.3) is 6.08 Å². The van der Waals surface area contributed by atoms with E-state index in [1.54, 1.807) is 30.3 Å². The van der Waals surface area contributed by atoms with E-state index in [-0.39, 0.29) is 5.57 Å². The van der Waals surface area contributed by atoms with Gasteiger partial charge in [-0.3, -0.25) is 14.9 Å². The van der Waals surface area contributed by atoms with E-state index in [2.05, 4.69) is 16.3 Å². The molecule has 2 aliphatic heterocycles. The number of urea groups is 1. The van der Waals surface area contributed by atoms with Gasteiger partial charge < -0.3 is 9.64 Å². The van der Waals surface area contributed by atoms with Gasteiger partial charge in [0.2, 0.25) is 0 Å². The third-order valence-corrected chi connectivity index (χ3v) is 5.51. The average Bonchev–Trinajstić information content (AvgIpc) is 3.27. The number of nitrogens with one attached hydrogen (secondary N) is 1. The van der Waals surface area contributed by atoms with Crippen molar-refractivity contribution in [3.8, 4) is 5.75 Å². The molecular formula is C24H25N3O4. The summed E-state index contributed by atoms with van der Waals surface area (Å²) < 4.78 is 5.47. The van der Waals surface area contributed by atoms with Gasteiger partial charge in [-0.15, -0.1) is 0 Å². The highest BCUT2D eigenvalue weighted by Gasteiger charge is 2.37. The first-order chi connectivity index (χ1) is 15.0. The number of barbiturate groups is 1. The zero-order valence-electron chi connectivity index (χ0n) is 17.7. The number of benzene rings is 2. The number of carbonyl (C=O) groups excluding carboxylic acids is 3. The van der Waals surface area contributed by atoms with Crippen molar-refractivity contribution in [1.29, 1.82) is 0 Å². The summed E-state index contributed by atoms with van der Waals surface area (Å²) in [6, 6.07) is 11.9. The van der Waals surface area contributed by atoms with Crippen LogP contribution in [0.2, 0.25) is 0 Å². The van der Waals surface area contributed by atoms with Gasteiger partial charge in [-0.25, -0.2) is 9.69 Å². The lowest BCUT2D eigenvalue weighted by atomic mass is 10.0. The molecule has 2 aromatic rings. The number of carbonyl (C=O) groups is 3. The van der Waals surface area contributed by atoms with Crippen molar-refractivity contribution in [2.75, 3.05) is 29.5 Å². The number of imide groups is 2. The van der Waals surface area contributed by atoms with Gasteiger partial charge in [-0.05, 0) is 68.2 Å². The van der Waals surface area contributed by atoms with Gasteiger partial charge in [0.05, 0.1) is 12.3 Å². The maximum Gasteiger partial charge on any atom is 0.335 e. The van der Waals surface area contributed by atoms with Crippen LogP contribution in [0.15, 0.2) is 48.0 Å². The van der Waals surface area contributed by atoms with Crippen molar-refractivity contribution in [3.05, 3.63) is 59.2 Å². The van der Waals surface area contributed by atoms with Crippen molar-refractivity contribution < 1.29 is 19.1 Å². The first-order valence-corrected chi connectivity index (χ1v) is 10.5. The average molecular weight is 419 g/mol. The number of hydrogen-bond donors (Lipinski definition) is 1. The summed E-state index contributed by atoms with van der Waals surface area (Å²) >= 11 is 0. The van der Waals surface area contributed by atoms with Gasteiger partial charge in [0.1, 0.15) is 11.3 Å². The Balaban J connectivity index is 1.65. The van der Waals surface area contributed by atoms with Crippen LogP contribution in [0.4, 0.5) is 16.2 Å². The summed E-state index contributed by atoms with van der Waals surface area (Å²) in [6.07, 6.45) is 3.92. The lowest BCUT2D eigenvalue weighted by molar-refractivity contribution is -0.122. The summed E-state index contributed by atoms with van der Waals surface area (Å²) in [7, 11) is 0. The van der Waals surface area contributed by atoms with E-state index < -0.39 is 17.8 Å². The zero-order chi connectivity index (χ0) is 22.0. The van der Waals surface area contributed by atoms with Gasteiger partial charge in [-0.1, -0.05) is 12.1 Å². The van der Waals surface area contributed by atoms with Crippen molar-refractivity contribution in [3.63, 3.8) is 0 Å². The van der Waals surface area contributed by atoms with Crippen molar-refractivity contribution >= 4 is 35.3 Å². The van der Waals surface area contributed by atoms with Crippen molar-refractivity contribution in [2.24, 2.45) is 0 Å². The fourth-order valence-corrected chi connectivity index (χ4v) is 3.92. The molecule has 0 radical (unpaired) electrons. The van der Waals surface area contributed by atoms with E-state index in [1.165, 1.54) is 12.8 Å². The third kappa shape index (κ3) is 4.17. The van der Waals surface area contributed by atoms with Crippen LogP contribution in [0, 0.1) is 6.92 Å². The highest BCUT2D eigenvalue weighted by molar-refractivity contribution is 6.39. The van der Waals surface area contributed by atoms with Crippen molar-refractivity contribution in [2.45, 2.75) is 26.7 Å². The Hall–Kier alpha value is -3.61. The third-order valence-electron chi connectivity index (χ3n) is 5.51. The molecule has 2 saturated heterocycles. The molecule has 0 aliphatic carbocycles. The van der Waals surface area contributed by atoms with E-state index in [1.807, 2.05) is 26.0 Å². The second-order valence-electron chi connectivity index (χ2n) is 7.62. The Morgan fingerprint density at radius 2 is 1.81 bits per heavy atom. The molecule has 31 heavy (non-hydrogen) atoms. The first kappa shape index (κ1) is 20.7. The van der Waals surface area contributed by atoms with Crippen LogP contribution >= 0.6 is 0 Å². The summed E-state index contributed by atoms with van der Waals surface area (Å²) in [4.78, 5) is 41.3. The molecule has 7 heteroatoms. The molecule has 0 atom stereocenters. The minimum Gasteiger partial charge on any atom is -0.494 e.